The maximum Gasteiger partial charge on any atom is 0.307 e. The van der Waals surface area contributed by atoms with Crippen LogP contribution >= 0.6 is 0 Å². The molecule has 0 bridgehead atoms. The molecule has 0 fully saturated rings. The van der Waals surface area contributed by atoms with Crippen molar-refractivity contribution in [1.82, 2.24) is 0 Å². The third-order valence-corrected chi connectivity index (χ3v) is 0.737. The van der Waals surface area contributed by atoms with Crippen LogP contribution in [0.1, 0.15) is 6.92 Å². The van der Waals surface area contributed by atoms with E-state index in [0.29, 0.717) is 0 Å². The van der Waals surface area contributed by atoms with E-state index in [-0.39, 0.29) is 5.97 Å². The standard InChI is InChI=1S/C4H6O2.C3H5NO/c1-3-6-4(2)5;1-2-5-3-4-1/h3H,1H2,2H3;3H,1-2H2. The summed E-state index contributed by atoms with van der Waals surface area (Å²) in [6, 6.07) is 0. The zero-order chi connectivity index (χ0) is 8.53. The van der Waals surface area contributed by atoms with Crippen LogP contribution < -0.4 is 0 Å². The second-order valence-corrected chi connectivity index (χ2v) is 1.66. The first-order chi connectivity index (χ1) is 5.27. The lowest BCUT2D eigenvalue weighted by molar-refractivity contribution is -0.135. The number of rotatable bonds is 1. The van der Waals surface area contributed by atoms with E-state index >= 15 is 0 Å². The lowest BCUT2D eigenvalue weighted by Crippen LogP contribution is -1.87. The van der Waals surface area contributed by atoms with Crippen LogP contribution in [0, 0.1) is 0 Å². The summed E-state index contributed by atoms with van der Waals surface area (Å²) in [6.07, 6.45) is 2.59. The second-order valence-electron chi connectivity index (χ2n) is 1.66. The molecule has 62 valence electrons. The summed E-state index contributed by atoms with van der Waals surface area (Å²) in [7, 11) is 0. The molecule has 0 N–H and O–H groups in total. The highest BCUT2D eigenvalue weighted by atomic mass is 16.5. The maximum atomic E-state index is 9.75. The first-order valence-corrected chi connectivity index (χ1v) is 3.15. The minimum absolute atomic E-state index is 0.329. The zero-order valence-electron chi connectivity index (χ0n) is 6.45. The Kier molecular flexibility index (Phi) is 5.98. The molecule has 4 heteroatoms. The molecule has 1 heterocycles. The highest BCUT2D eigenvalue weighted by Gasteiger charge is 1.84. The van der Waals surface area contributed by atoms with Crippen LogP contribution in [-0.2, 0) is 14.3 Å². The Morgan fingerprint density at radius 1 is 1.91 bits per heavy atom. The second kappa shape index (κ2) is 6.80. The molecule has 0 aliphatic carbocycles. The van der Waals surface area contributed by atoms with Gasteiger partial charge in [-0.15, -0.1) is 0 Å². The Morgan fingerprint density at radius 2 is 2.64 bits per heavy atom. The Balaban J connectivity index is 0.000000183. The van der Waals surface area contributed by atoms with Gasteiger partial charge in [-0.05, 0) is 0 Å². The van der Waals surface area contributed by atoms with Crippen LogP contribution in [0.5, 0.6) is 0 Å². The molecule has 0 aromatic carbocycles. The van der Waals surface area contributed by atoms with Crippen LogP contribution in [0.3, 0.4) is 0 Å². The van der Waals surface area contributed by atoms with E-state index in [4.69, 9.17) is 0 Å². The van der Waals surface area contributed by atoms with Gasteiger partial charge in [0.2, 0.25) is 0 Å². The number of esters is 1. The molecule has 0 spiro atoms. The van der Waals surface area contributed by atoms with Gasteiger partial charge in [0.05, 0.1) is 12.8 Å². The molecule has 0 unspecified atom stereocenters. The van der Waals surface area contributed by atoms with E-state index in [1.807, 2.05) is 0 Å². The van der Waals surface area contributed by atoms with Crippen molar-refractivity contribution < 1.29 is 14.3 Å². The van der Waals surface area contributed by atoms with Gasteiger partial charge in [-0.3, -0.25) is 9.79 Å². The van der Waals surface area contributed by atoms with Crippen molar-refractivity contribution in [1.29, 1.82) is 0 Å². The summed E-state index contributed by atoms with van der Waals surface area (Å²) < 4.78 is 8.82. The molecule has 11 heavy (non-hydrogen) atoms. The maximum absolute atomic E-state index is 9.75. The molecule has 4 nitrogen and oxygen atoms in total. The first kappa shape index (κ1) is 9.68. The fourth-order valence-electron chi connectivity index (χ4n) is 0.381. The molecule has 0 aromatic heterocycles. The summed E-state index contributed by atoms with van der Waals surface area (Å²) in [6.45, 7) is 6.10. The van der Waals surface area contributed by atoms with Crippen molar-refractivity contribution >= 4 is 12.4 Å². The number of aliphatic imine (C=N–C) groups is 1. The molecule has 0 atom stereocenters. The summed E-state index contributed by atoms with van der Waals surface area (Å²) in [5, 5.41) is 0. The molecule has 0 aromatic rings. The monoisotopic (exact) mass is 157 g/mol. The summed E-state index contributed by atoms with van der Waals surface area (Å²) in [5.74, 6) is -0.329. The normalized spacial score (nSPS) is 12.5. The topological polar surface area (TPSA) is 47.9 Å². The predicted octanol–water partition coefficient (Wildman–Crippen LogP) is 0.738. The minimum Gasteiger partial charge on any atom is -0.482 e. The minimum atomic E-state index is -0.329. The van der Waals surface area contributed by atoms with E-state index < -0.39 is 0 Å². The number of ether oxygens (including phenoxy) is 2. The molecule has 0 radical (unpaired) electrons. The molecule has 0 saturated heterocycles. The molecular weight excluding hydrogens is 146 g/mol. The Hall–Kier alpha value is -1.32. The average Bonchev–Trinajstić information content (AvgIpc) is 2.41. The van der Waals surface area contributed by atoms with Gasteiger partial charge in [0.15, 0.2) is 6.40 Å². The zero-order valence-corrected chi connectivity index (χ0v) is 6.45. The van der Waals surface area contributed by atoms with Gasteiger partial charge >= 0.3 is 5.97 Å². The third-order valence-electron chi connectivity index (χ3n) is 0.737. The van der Waals surface area contributed by atoms with Gasteiger partial charge in [0.25, 0.3) is 0 Å². The number of hydrogen-bond donors (Lipinski definition) is 0. The quantitative estimate of drug-likeness (QED) is 0.416. The van der Waals surface area contributed by atoms with E-state index in [0.717, 1.165) is 19.4 Å². The number of hydrogen-bond acceptors (Lipinski definition) is 4. The van der Waals surface area contributed by atoms with Gasteiger partial charge in [-0.25, -0.2) is 0 Å². The van der Waals surface area contributed by atoms with Crippen LogP contribution in [0.15, 0.2) is 17.8 Å². The van der Waals surface area contributed by atoms with Gasteiger partial charge < -0.3 is 9.47 Å². The van der Waals surface area contributed by atoms with Crippen LogP contribution in [0.4, 0.5) is 0 Å². The van der Waals surface area contributed by atoms with Crippen LogP contribution in [0.2, 0.25) is 0 Å². The van der Waals surface area contributed by atoms with Crippen molar-refractivity contribution in [2.24, 2.45) is 4.99 Å². The van der Waals surface area contributed by atoms with Crippen LogP contribution in [0.25, 0.3) is 0 Å². The molecule has 1 aliphatic rings. The smallest absolute Gasteiger partial charge is 0.307 e. The van der Waals surface area contributed by atoms with Gasteiger partial charge in [0, 0.05) is 6.92 Å². The van der Waals surface area contributed by atoms with E-state index in [9.17, 15) is 4.79 Å². The molecule has 0 amide bonds. The van der Waals surface area contributed by atoms with Crippen molar-refractivity contribution in [3.63, 3.8) is 0 Å². The molecule has 0 saturated carbocycles. The number of nitrogens with zero attached hydrogens (tertiary/aromatic N) is 1. The summed E-state index contributed by atoms with van der Waals surface area (Å²) in [4.78, 5) is 13.5. The average molecular weight is 157 g/mol. The van der Waals surface area contributed by atoms with Crippen molar-refractivity contribution in [2.45, 2.75) is 6.92 Å². The van der Waals surface area contributed by atoms with Gasteiger partial charge in [-0.1, -0.05) is 6.58 Å². The molecule has 1 aliphatic heterocycles. The highest BCUT2D eigenvalue weighted by molar-refractivity contribution is 5.66. The Morgan fingerprint density at radius 3 is 2.73 bits per heavy atom. The summed E-state index contributed by atoms with van der Waals surface area (Å²) >= 11 is 0. The predicted molar refractivity (Wildman–Crippen MR) is 41.3 cm³/mol. The number of carbonyl (C=O) groups excluding carboxylic acids is 1. The SMILES string of the molecule is C1=NCCO1.C=COC(C)=O. The Labute approximate surface area is 65.5 Å². The van der Waals surface area contributed by atoms with E-state index in [2.05, 4.69) is 21.0 Å². The van der Waals surface area contributed by atoms with Gasteiger partial charge in [-0.2, -0.15) is 0 Å². The summed E-state index contributed by atoms with van der Waals surface area (Å²) in [5.41, 5.74) is 0. The Bertz CT molecular complexity index is 148. The van der Waals surface area contributed by atoms with Crippen molar-refractivity contribution in [2.75, 3.05) is 13.2 Å². The van der Waals surface area contributed by atoms with Crippen molar-refractivity contribution in [3.8, 4) is 0 Å². The lowest BCUT2D eigenvalue weighted by Gasteiger charge is -1.83. The van der Waals surface area contributed by atoms with Crippen LogP contribution in [-0.4, -0.2) is 25.5 Å². The highest BCUT2D eigenvalue weighted by Crippen LogP contribution is 1.78. The lowest BCUT2D eigenvalue weighted by atomic mass is 10.8. The van der Waals surface area contributed by atoms with E-state index in [1.54, 1.807) is 0 Å². The van der Waals surface area contributed by atoms with Crippen molar-refractivity contribution in [3.05, 3.63) is 12.8 Å². The fraction of sp³-hybridized carbons (Fsp3) is 0.429. The largest absolute Gasteiger partial charge is 0.482 e. The molecular formula is C7H11NO3. The first-order valence-electron chi connectivity index (χ1n) is 3.15. The van der Waals surface area contributed by atoms with Gasteiger partial charge in [0.1, 0.15) is 6.61 Å². The fourth-order valence-corrected chi connectivity index (χ4v) is 0.381. The third kappa shape index (κ3) is 8.68. The van der Waals surface area contributed by atoms with E-state index in [1.165, 1.54) is 13.3 Å². The number of carbonyl (C=O) groups is 1. The molecule has 1 rings (SSSR count).